The van der Waals surface area contributed by atoms with Crippen LogP contribution in [0.3, 0.4) is 0 Å². The standard InChI is InChI=1S/C17H25FN2/c1-3-15-10-19-17(2,14-8-9-14)12-20(15)11-13-6-4-5-7-16(13)18/h4-7,14-15,19H,3,8-12H2,1-2H3. The lowest BCUT2D eigenvalue weighted by Crippen LogP contribution is -2.63. The summed E-state index contributed by atoms with van der Waals surface area (Å²) in [6, 6.07) is 7.70. The van der Waals surface area contributed by atoms with E-state index in [-0.39, 0.29) is 11.4 Å². The lowest BCUT2D eigenvalue weighted by atomic mass is 9.90. The SMILES string of the molecule is CCC1CNC(C)(C2CC2)CN1Cc1ccccc1F. The van der Waals surface area contributed by atoms with E-state index >= 15 is 0 Å². The van der Waals surface area contributed by atoms with Gasteiger partial charge in [-0.1, -0.05) is 25.1 Å². The quantitative estimate of drug-likeness (QED) is 0.908. The van der Waals surface area contributed by atoms with Crippen LogP contribution in [0.1, 0.15) is 38.7 Å². The van der Waals surface area contributed by atoms with E-state index in [1.54, 1.807) is 12.1 Å². The maximum atomic E-state index is 13.9. The van der Waals surface area contributed by atoms with E-state index in [9.17, 15) is 4.39 Å². The van der Waals surface area contributed by atoms with E-state index in [4.69, 9.17) is 0 Å². The monoisotopic (exact) mass is 276 g/mol. The van der Waals surface area contributed by atoms with Crippen LogP contribution in [-0.4, -0.2) is 29.6 Å². The molecule has 1 aliphatic carbocycles. The molecule has 1 aromatic carbocycles. The molecule has 0 bridgehead atoms. The smallest absolute Gasteiger partial charge is 0.127 e. The summed E-state index contributed by atoms with van der Waals surface area (Å²) in [7, 11) is 0. The zero-order valence-electron chi connectivity index (χ0n) is 12.5. The first-order chi connectivity index (χ1) is 9.62. The van der Waals surface area contributed by atoms with Crippen molar-refractivity contribution in [2.24, 2.45) is 5.92 Å². The zero-order valence-corrected chi connectivity index (χ0v) is 12.5. The van der Waals surface area contributed by atoms with Gasteiger partial charge < -0.3 is 5.32 Å². The van der Waals surface area contributed by atoms with Gasteiger partial charge in [0.15, 0.2) is 0 Å². The molecule has 0 aromatic heterocycles. The molecule has 1 saturated heterocycles. The van der Waals surface area contributed by atoms with Crippen LogP contribution < -0.4 is 5.32 Å². The van der Waals surface area contributed by atoms with Crippen LogP contribution >= 0.6 is 0 Å². The molecule has 110 valence electrons. The Morgan fingerprint density at radius 2 is 2.10 bits per heavy atom. The predicted molar refractivity (Wildman–Crippen MR) is 80.0 cm³/mol. The van der Waals surface area contributed by atoms with Gasteiger partial charge in [0.2, 0.25) is 0 Å². The van der Waals surface area contributed by atoms with E-state index in [1.807, 2.05) is 12.1 Å². The number of piperazine rings is 1. The van der Waals surface area contributed by atoms with Crippen molar-refractivity contribution in [3.63, 3.8) is 0 Å². The van der Waals surface area contributed by atoms with E-state index in [1.165, 1.54) is 12.8 Å². The van der Waals surface area contributed by atoms with Crippen molar-refractivity contribution in [1.82, 2.24) is 10.2 Å². The average molecular weight is 276 g/mol. The molecule has 0 amide bonds. The highest BCUT2D eigenvalue weighted by Gasteiger charge is 2.45. The fourth-order valence-corrected chi connectivity index (χ4v) is 3.51. The summed E-state index contributed by atoms with van der Waals surface area (Å²) in [5.74, 6) is 0.734. The van der Waals surface area contributed by atoms with Crippen molar-refractivity contribution in [3.8, 4) is 0 Å². The van der Waals surface area contributed by atoms with Gasteiger partial charge in [0, 0.05) is 36.8 Å². The molecule has 3 rings (SSSR count). The average Bonchev–Trinajstić information content (AvgIpc) is 3.27. The molecule has 1 aliphatic heterocycles. The first-order valence-corrected chi connectivity index (χ1v) is 7.85. The van der Waals surface area contributed by atoms with Gasteiger partial charge in [0.1, 0.15) is 5.82 Å². The van der Waals surface area contributed by atoms with Crippen LogP contribution in [0.5, 0.6) is 0 Å². The summed E-state index contributed by atoms with van der Waals surface area (Å²) in [5, 5.41) is 3.75. The van der Waals surface area contributed by atoms with Gasteiger partial charge >= 0.3 is 0 Å². The van der Waals surface area contributed by atoms with E-state index in [0.717, 1.165) is 37.5 Å². The summed E-state index contributed by atoms with van der Waals surface area (Å²) in [6.07, 6.45) is 3.80. The number of benzene rings is 1. The molecule has 2 fully saturated rings. The number of nitrogens with one attached hydrogen (secondary N) is 1. The summed E-state index contributed by atoms with van der Waals surface area (Å²) >= 11 is 0. The van der Waals surface area contributed by atoms with Crippen LogP contribution in [0.25, 0.3) is 0 Å². The van der Waals surface area contributed by atoms with Crippen molar-refractivity contribution in [1.29, 1.82) is 0 Å². The Labute approximate surface area is 121 Å². The van der Waals surface area contributed by atoms with Crippen LogP contribution in [0, 0.1) is 11.7 Å². The fourth-order valence-electron chi connectivity index (χ4n) is 3.51. The number of rotatable bonds is 4. The fraction of sp³-hybridized carbons (Fsp3) is 0.647. The Balaban J connectivity index is 1.75. The Morgan fingerprint density at radius 3 is 2.75 bits per heavy atom. The third-order valence-corrected chi connectivity index (χ3v) is 5.07. The molecule has 2 nitrogen and oxygen atoms in total. The van der Waals surface area contributed by atoms with Crippen molar-refractivity contribution < 1.29 is 4.39 Å². The van der Waals surface area contributed by atoms with Crippen LogP contribution in [0.4, 0.5) is 4.39 Å². The van der Waals surface area contributed by atoms with Crippen molar-refractivity contribution in [3.05, 3.63) is 35.6 Å². The van der Waals surface area contributed by atoms with Crippen molar-refractivity contribution in [2.75, 3.05) is 13.1 Å². The minimum Gasteiger partial charge on any atom is -0.308 e. The lowest BCUT2D eigenvalue weighted by Gasteiger charge is -2.46. The third kappa shape index (κ3) is 2.75. The molecular weight excluding hydrogens is 251 g/mol. The molecule has 2 aliphatic rings. The molecule has 1 saturated carbocycles. The molecule has 3 heteroatoms. The first-order valence-electron chi connectivity index (χ1n) is 7.85. The van der Waals surface area contributed by atoms with E-state index in [0.29, 0.717) is 6.04 Å². The minimum atomic E-state index is -0.0750. The third-order valence-electron chi connectivity index (χ3n) is 5.07. The lowest BCUT2D eigenvalue weighted by molar-refractivity contribution is 0.0657. The normalized spacial score (nSPS) is 31.4. The van der Waals surface area contributed by atoms with Gasteiger partial charge in [-0.25, -0.2) is 4.39 Å². The second kappa shape index (κ2) is 5.45. The Bertz CT molecular complexity index is 472. The largest absolute Gasteiger partial charge is 0.308 e. The highest BCUT2D eigenvalue weighted by molar-refractivity contribution is 5.18. The van der Waals surface area contributed by atoms with Gasteiger partial charge in [-0.15, -0.1) is 0 Å². The molecule has 0 radical (unpaired) electrons. The molecule has 1 N–H and O–H groups in total. The van der Waals surface area contributed by atoms with Gasteiger partial charge in [0.25, 0.3) is 0 Å². The predicted octanol–water partition coefficient (Wildman–Crippen LogP) is 3.18. The minimum absolute atomic E-state index is 0.0750. The topological polar surface area (TPSA) is 15.3 Å². The summed E-state index contributed by atoms with van der Waals surface area (Å²) in [5.41, 5.74) is 1.04. The van der Waals surface area contributed by atoms with Crippen molar-refractivity contribution in [2.45, 2.75) is 51.2 Å². The Kier molecular flexibility index (Phi) is 3.83. The molecule has 0 spiro atoms. The highest BCUT2D eigenvalue weighted by Crippen LogP contribution is 2.41. The molecule has 20 heavy (non-hydrogen) atoms. The summed E-state index contributed by atoms with van der Waals surface area (Å²) in [6.45, 7) is 7.35. The second-order valence-corrected chi connectivity index (χ2v) is 6.63. The maximum Gasteiger partial charge on any atom is 0.127 e. The van der Waals surface area contributed by atoms with Gasteiger partial charge in [-0.05, 0) is 38.2 Å². The molecule has 2 atom stereocenters. The van der Waals surface area contributed by atoms with Gasteiger partial charge in [-0.3, -0.25) is 4.90 Å². The summed E-state index contributed by atoms with van der Waals surface area (Å²) in [4.78, 5) is 2.48. The molecule has 2 unspecified atom stereocenters. The van der Waals surface area contributed by atoms with Gasteiger partial charge in [-0.2, -0.15) is 0 Å². The maximum absolute atomic E-state index is 13.9. The first kappa shape index (κ1) is 14.0. The Hall–Kier alpha value is -0.930. The highest BCUT2D eigenvalue weighted by atomic mass is 19.1. The number of hydrogen-bond donors (Lipinski definition) is 1. The molecular formula is C17H25FN2. The number of nitrogens with zero attached hydrogens (tertiary/aromatic N) is 1. The van der Waals surface area contributed by atoms with E-state index < -0.39 is 0 Å². The molecule has 1 heterocycles. The Morgan fingerprint density at radius 1 is 1.35 bits per heavy atom. The van der Waals surface area contributed by atoms with Crippen molar-refractivity contribution >= 4 is 0 Å². The number of hydrogen-bond acceptors (Lipinski definition) is 2. The van der Waals surface area contributed by atoms with Gasteiger partial charge in [0.05, 0.1) is 0 Å². The van der Waals surface area contributed by atoms with E-state index in [2.05, 4.69) is 24.1 Å². The summed E-state index contributed by atoms with van der Waals surface area (Å²) < 4.78 is 13.9. The number of halogens is 1. The van der Waals surface area contributed by atoms with Crippen LogP contribution in [0.2, 0.25) is 0 Å². The zero-order chi connectivity index (χ0) is 14.2. The molecule has 1 aromatic rings. The van der Waals surface area contributed by atoms with Crippen LogP contribution in [-0.2, 0) is 6.54 Å². The van der Waals surface area contributed by atoms with Crippen LogP contribution in [0.15, 0.2) is 24.3 Å². The second-order valence-electron chi connectivity index (χ2n) is 6.63.